The van der Waals surface area contributed by atoms with Crippen LogP contribution in [-0.4, -0.2) is 46.7 Å². The molecule has 7 heteroatoms. The Morgan fingerprint density at radius 3 is 2.35 bits per heavy atom. The van der Waals surface area contributed by atoms with Gasteiger partial charge < -0.3 is 16.6 Å². The van der Waals surface area contributed by atoms with Crippen molar-refractivity contribution in [2.45, 2.75) is 44.8 Å². The fourth-order valence-corrected chi connectivity index (χ4v) is 1.96. The summed E-state index contributed by atoms with van der Waals surface area (Å²) in [4.78, 5) is 23.1. The number of hydrazine groups is 1. The molecule has 0 fully saturated rings. The van der Waals surface area contributed by atoms with Crippen molar-refractivity contribution in [2.24, 2.45) is 11.5 Å². The third kappa shape index (κ3) is 6.77. The van der Waals surface area contributed by atoms with Gasteiger partial charge in [-0.05, 0) is 25.8 Å². The summed E-state index contributed by atoms with van der Waals surface area (Å²) < 4.78 is 0. The minimum Gasteiger partial charge on any atom is -0.481 e. The van der Waals surface area contributed by atoms with Crippen LogP contribution in [0.2, 0.25) is 0 Å². The lowest BCUT2D eigenvalue weighted by Crippen LogP contribution is -2.57. The number of carbonyl (C=O) groups is 2. The van der Waals surface area contributed by atoms with Gasteiger partial charge in [0.05, 0.1) is 12.5 Å². The summed E-state index contributed by atoms with van der Waals surface area (Å²) >= 11 is 0. The summed E-state index contributed by atoms with van der Waals surface area (Å²) in [5.74, 6) is -1.55. The number of aliphatic carboxylic acids is 1. The van der Waals surface area contributed by atoms with Crippen molar-refractivity contribution < 1.29 is 14.7 Å². The van der Waals surface area contributed by atoms with Gasteiger partial charge in [-0.25, -0.2) is 5.43 Å². The van der Waals surface area contributed by atoms with Gasteiger partial charge in [0.1, 0.15) is 0 Å². The number of hydrogen-bond donors (Lipinski definition) is 4. The van der Waals surface area contributed by atoms with Crippen LogP contribution in [-0.2, 0) is 16.0 Å². The number of benzene rings is 1. The molecule has 1 aromatic carbocycles. The fourth-order valence-electron chi connectivity index (χ4n) is 1.96. The van der Waals surface area contributed by atoms with Gasteiger partial charge in [-0.1, -0.05) is 30.3 Å². The van der Waals surface area contributed by atoms with Gasteiger partial charge in [0.15, 0.2) is 0 Å². The zero-order chi connectivity index (χ0) is 17.4. The molecule has 0 spiro atoms. The maximum absolute atomic E-state index is 12.4. The first-order chi connectivity index (χ1) is 10.8. The highest BCUT2D eigenvalue weighted by atomic mass is 16.4. The van der Waals surface area contributed by atoms with Crippen LogP contribution in [0.25, 0.3) is 0 Å². The molecule has 128 valence electrons. The van der Waals surface area contributed by atoms with E-state index in [2.05, 4.69) is 5.43 Å². The van der Waals surface area contributed by atoms with Crippen molar-refractivity contribution in [1.29, 1.82) is 0 Å². The number of hydrogen-bond acceptors (Lipinski definition) is 5. The molecule has 0 aliphatic rings. The molecule has 0 radical (unpaired) electrons. The average molecular weight is 322 g/mol. The molecule has 0 aliphatic carbocycles. The Morgan fingerprint density at radius 1 is 1.22 bits per heavy atom. The van der Waals surface area contributed by atoms with Crippen LogP contribution in [0.4, 0.5) is 0 Å². The molecule has 0 aliphatic heterocycles. The Labute approximate surface area is 136 Å². The first kappa shape index (κ1) is 19.1. The van der Waals surface area contributed by atoms with Gasteiger partial charge in [0, 0.05) is 18.6 Å². The largest absolute Gasteiger partial charge is 0.481 e. The van der Waals surface area contributed by atoms with E-state index in [4.69, 9.17) is 16.6 Å². The number of carbonyl (C=O) groups excluding carboxylic acids is 1. The van der Waals surface area contributed by atoms with Crippen LogP contribution < -0.4 is 16.9 Å². The van der Waals surface area contributed by atoms with Gasteiger partial charge in [-0.3, -0.25) is 14.6 Å². The van der Waals surface area contributed by atoms with Crippen molar-refractivity contribution in [2.75, 3.05) is 6.54 Å². The zero-order valence-electron chi connectivity index (χ0n) is 13.6. The summed E-state index contributed by atoms with van der Waals surface area (Å²) in [5.41, 5.74) is 15.6. The van der Waals surface area contributed by atoms with E-state index < -0.39 is 24.3 Å². The molecule has 1 amide bonds. The van der Waals surface area contributed by atoms with E-state index in [0.717, 1.165) is 5.56 Å². The topological polar surface area (TPSA) is 122 Å². The predicted molar refractivity (Wildman–Crippen MR) is 88.3 cm³/mol. The molecule has 7 nitrogen and oxygen atoms in total. The third-order valence-electron chi connectivity index (χ3n) is 3.59. The van der Waals surface area contributed by atoms with Gasteiger partial charge in [-0.15, -0.1) is 0 Å². The molecule has 0 aromatic heterocycles. The molecule has 1 aromatic rings. The van der Waals surface area contributed by atoms with E-state index in [1.807, 2.05) is 44.2 Å². The molecule has 0 saturated carbocycles. The molecule has 3 atom stereocenters. The molecular weight excluding hydrogens is 296 g/mol. The zero-order valence-corrected chi connectivity index (χ0v) is 13.6. The summed E-state index contributed by atoms with van der Waals surface area (Å²) in [6.07, 6.45) is 0.222. The van der Waals surface area contributed by atoms with E-state index in [-0.39, 0.29) is 12.1 Å². The third-order valence-corrected chi connectivity index (χ3v) is 3.59. The minimum atomic E-state index is -1.10. The highest BCUT2D eigenvalue weighted by Crippen LogP contribution is 2.04. The predicted octanol–water partition coefficient (Wildman–Crippen LogP) is 0.100. The van der Waals surface area contributed by atoms with Crippen LogP contribution in [0.1, 0.15) is 25.8 Å². The van der Waals surface area contributed by atoms with Crippen molar-refractivity contribution >= 4 is 11.9 Å². The molecule has 1 unspecified atom stereocenters. The molecule has 23 heavy (non-hydrogen) atoms. The Kier molecular flexibility index (Phi) is 7.67. The second kappa shape index (κ2) is 9.24. The van der Waals surface area contributed by atoms with Crippen LogP contribution >= 0.6 is 0 Å². The Balaban J connectivity index is 2.75. The van der Waals surface area contributed by atoms with Crippen molar-refractivity contribution in [1.82, 2.24) is 10.4 Å². The monoisotopic (exact) mass is 322 g/mol. The molecule has 0 heterocycles. The maximum atomic E-state index is 12.4. The van der Waals surface area contributed by atoms with E-state index in [9.17, 15) is 9.59 Å². The Bertz CT molecular complexity index is 507. The number of amides is 1. The fraction of sp³-hybridized carbons (Fsp3) is 0.500. The summed E-state index contributed by atoms with van der Waals surface area (Å²) in [7, 11) is 0. The number of nitrogens with zero attached hydrogens (tertiary/aromatic N) is 1. The summed E-state index contributed by atoms with van der Waals surface area (Å²) in [5, 5.41) is 10.2. The number of nitrogens with two attached hydrogens (primary N) is 2. The van der Waals surface area contributed by atoms with Gasteiger partial charge in [-0.2, -0.15) is 0 Å². The number of rotatable bonds is 9. The highest BCUT2D eigenvalue weighted by molar-refractivity contribution is 5.85. The van der Waals surface area contributed by atoms with E-state index in [1.54, 1.807) is 0 Å². The van der Waals surface area contributed by atoms with Crippen molar-refractivity contribution in [3.63, 3.8) is 0 Å². The minimum absolute atomic E-state index is 0.147. The number of carboxylic acid groups (broad SMARTS) is 1. The van der Waals surface area contributed by atoms with Gasteiger partial charge in [0.25, 0.3) is 5.91 Å². The van der Waals surface area contributed by atoms with E-state index >= 15 is 0 Å². The van der Waals surface area contributed by atoms with Gasteiger partial charge >= 0.3 is 5.97 Å². The molecule has 6 N–H and O–H groups in total. The number of carboxylic acids is 1. The average Bonchev–Trinajstić information content (AvgIpc) is 2.50. The Morgan fingerprint density at radius 2 is 1.83 bits per heavy atom. The van der Waals surface area contributed by atoms with Crippen LogP contribution in [0, 0.1) is 0 Å². The van der Waals surface area contributed by atoms with E-state index in [1.165, 1.54) is 5.01 Å². The summed E-state index contributed by atoms with van der Waals surface area (Å²) in [6, 6.07) is 8.31. The summed E-state index contributed by atoms with van der Waals surface area (Å²) in [6.45, 7) is 4.07. The second-order valence-corrected chi connectivity index (χ2v) is 5.71. The lowest BCUT2D eigenvalue weighted by molar-refractivity contribution is -0.143. The smallest absolute Gasteiger partial charge is 0.305 e. The normalized spacial score (nSPS) is 14.8. The van der Waals surface area contributed by atoms with Crippen LogP contribution in [0.5, 0.6) is 0 Å². The lowest BCUT2D eigenvalue weighted by atomic mass is 10.1. The van der Waals surface area contributed by atoms with Gasteiger partial charge in [0.2, 0.25) is 0 Å². The molecule has 0 saturated heterocycles. The second-order valence-electron chi connectivity index (χ2n) is 5.71. The van der Waals surface area contributed by atoms with Crippen LogP contribution in [0.3, 0.4) is 0 Å². The first-order valence-corrected chi connectivity index (χ1v) is 7.65. The van der Waals surface area contributed by atoms with Crippen molar-refractivity contribution in [3.8, 4) is 0 Å². The quantitative estimate of drug-likeness (QED) is 0.478. The van der Waals surface area contributed by atoms with Crippen LogP contribution in [0.15, 0.2) is 30.3 Å². The lowest BCUT2D eigenvalue weighted by Gasteiger charge is -2.30. The van der Waals surface area contributed by atoms with E-state index in [0.29, 0.717) is 13.0 Å². The SMILES string of the molecule is CC(NN(CCc1ccccc1)C(=O)[C@@H](N)CC(=O)O)[C@H](C)N. The molecule has 1 rings (SSSR count). The maximum Gasteiger partial charge on any atom is 0.305 e. The van der Waals surface area contributed by atoms with Crippen molar-refractivity contribution in [3.05, 3.63) is 35.9 Å². The Hall–Kier alpha value is -1.96. The molecular formula is C16H26N4O3. The number of nitrogens with one attached hydrogen (secondary N) is 1. The standard InChI is InChI=1S/C16H26N4O3/c1-11(17)12(2)19-20(16(23)14(18)10-15(21)22)9-8-13-6-4-3-5-7-13/h3-7,11-12,14,19H,8-10,17-18H2,1-2H3,(H,21,22)/t11-,12?,14-/m0/s1. The molecule has 0 bridgehead atoms. The highest BCUT2D eigenvalue weighted by Gasteiger charge is 2.25. The first-order valence-electron chi connectivity index (χ1n) is 7.65.